The number of carbonyl (C=O) groups excluding carboxylic acids is 1. The van der Waals surface area contributed by atoms with Gasteiger partial charge in [0.1, 0.15) is 0 Å². The molecule has 5 nitrogen and oxygen atoms in total. The molecule has 0 saturated heterocycles. The number of hydrogen-bond acceptors (Lipinski definition) is 3. The van der Waals surface area contributed by atoms with Gasteiger partial charge in [-0.25, -0.2) is 4.98 Å². The van der Waals surface area contributed by atoms with Crippen LogP contribution in [-0.4, -0.2) is 21.9 Å². The lowest BCUT2D eigenvalue weighted by atomic mass is 10.1. The van der Waals surface area contributed by atoms with Crippen molar-refractivity contribution in [3.63, 3.8) is 0 Å². The van der Waals surface area contributed by atoms with Crippen LogP contribution >= 0.6 is 0 Å². The van der Waals surface area contributed by atoms with Gasteiger partial charge in [0.05, 0.1) is 22.6 Å². The fraction of sp³-hybridized carbons (Fsp3) is 0.385. The second-order valence-corrected chi connectivity index (χ2v) is 5.07. The molecule has 0 aliphatic carbocycles. The zero-order chi connectivity index (χ0) is 15.8. The molecule has 1 amide bonds. The Balaban J connectivity index is 2.25. The van der Waals surface area contributed by atoms with Gasteiger partial charge in [0.2, 0.25) is 11.9 Å². The van der Waals surface area contributed by atoms with Gasteiger partial charge in [-0.3, -0.25) is 10.1 Å². The minimum Gasteiger partial charge on any atom is -0.324 e. The van der Waals surface area contributed by atoms with E-state index in [-0.39, 0.29) is 17.4 Å². The molecule has 2 rings (SSSR count). The van der Waals surface area contributed by atoms with E-state index in [4.69, 9.17) is 5.73 Å². The number of nitrogens with two attached hydrogens (primary N) is 1. The lowest BCUT2D eigenvalue weighted by Gasteiger charge is -2.13. The lowest BCUT2D eigenvalue weighted by molar-refractivity contribution is -0.137. The number of carbonyl (C=O) groups is 1. The topological polar surface area (TPSA) is 83.8 Å². The number of nitrogens with one attached hydrogen (secondary N) is 2. The fourth-order valence-electron chi connectivity index (χ4n) is 1.75. The van der Waals surface area contributed by atoms with Crippen molar-refractivity contribution in [2.24, 2.45) is 11.7 Å². The van der Waals surface area contributed by atoms with E-state index in [1.54, 1.807) is 13.8 Å². The van der Waals surface area contributed by atoms with E-state index in [9.17, 15) is 18.0 Å². The first-order chi connectivity index (χ1) is 9.68. The Hall–Kier alpha value is -2.09. The van der Waals surface area contributed by atoms with E-state index < -0.39 is 23.7 Å². The van der Waals surface area contributed by atoms with Crippen LogP contribution < -0.4 is 11.1 Å². The molecule has 0 bridgehead atoms. The molecule has 0 saturated carbocycles. The zero-order valence-electron chi connectivity index (χ0n) is 11.5. The van der Waals surface area contributed by atoms with Gasteiger partial charge in [0.15, 0.2) is 0 Å². The first kappa shape index (κ1) is 15.3. The van der Waals surface area contributed by atoms with Crippen LogP contribution in [0.15, 0.2) is 18.2 Å². The molecule has 21 heavy (non-hydrogen) atoms. The SMILES string of the molecule is CC(C)[C@H](N)C(=O)Nc1nc2ccc(C(F)(F)F)cc2[nH]1. The monoisotopic (exact) mass is 300 g/mol. The van der Waals surface area contributed by atoms with E-state index in [1.807, 2.05) is 0 Å². The van der Waals surface area contributed by atoms with Crippen molar-refractivity contribution >= 4 is 22.9 Å². The van der Waals surface area contributed by atoms with Crippen molar-refractivity contribution in [3.05, 3.63) is 23.8 Å². The predicted octanol–water partition coefficient (Wildman–Crippen LogP) is 2.50. The minimum absolute atomic E-state index is 0.0637. The number of alkyl halides is 3. The van der Waals surface area contributed by atoms with Gasteiger partial charge >= 0.3 is 6.18 Å². The number of anilines is 1. The van der Waals surface area contributed by atoms with Crippen LogP contribution in [0, 0.1) is 5.92 Å². The average Bonchev–Trinajstić information content (AvgIpc) is 2.77. The van der Waals surface area contributed by atoms with Crippen LogP contribution in [-0.2, 0) is 11.0 Å². The van der Waals surface area contributed by atoms with Crippen molar-refractivity contribution in [2.75, 3.05) is 5.32 Å². The van der Waals surface area contributed by atoms with Crippen molar-refractivity contribution in [1.82, 2.24) is 9.97 Å². The van der Waals surface area contributed by atoms with Crippen LogP contribution in [0.3, 0.4) is 0 Å². The minimum atomic E-state index is -4.43. The molecule has 1 atom stereocenters. The highest BCUT2D eigenvalue weighted by molar-refractivity contribution is 5.94. The van der Waals surface area contributed by atoms with E-state index in [2.05, 4.69) is 15.3 Å². The number of benzene rings is 1. The van der Waals surface area contributed by atoms with Crippen molar-refractivity contribution in [1.29, 1.82) is 0 Å². The third kappa shape index (κ3) is 3.33. The molecule has 1 aromatic carbocycles. The molecule has 114 valence electrons. The summed E-state index contributed by atoms with van der Waals surface area (Å²) in [6.45, 7) is 3.58. The second kappa shape index (κ2) is 5.36. The summed E-state index contributed by atoms with van der Waals surface area (Å²) in [5.41, 5.74) is 5.42. The highest BCUT2D eigenvalue weighted by atomic mass is 19.4. The maximum Gasteiger partial charge on any atom is 0.416 e. The Morgan fingerprint density at radius 2 is 2.05 bits per heavy atom. The van der Waals surface area contributed by atoms with Gasteiger partial charge in [-0.15, -0.1) is 0 Å². The van der Waals surface area contributed by atoms with Crippen LogP contribution in [0.25, 0.3) is 11.0 Å². The average molecular weight is 300 g/mol. The van der Waals surface area contributed by atoms with Crippen LogP contribution in [0.2, 0.25) is 0 Å². The van der Waals surface area contributed by atoms with Crippen molar-refractivity contribution in [2.45, 2.75) is 26.1 Å². The molecule has 2 aromatic rings. The Morgan fingerprint density at radius 1 is 1.38 bits per heavy atom. The molecule has 8 heteroatoms. The van der Waals surface area contributed by atoms with Gasteiger partial charge < -0.3 is 10.7 Å². The van der Waals surface area contributed by atoms with E-state index in [1.165, 1.54) is 6.07 Å². The van der Waals surface area contributed by atoms with Gasteiger partial charge in [-0.2, -0.15) is 13.2 Å². The quantitative estimate of drug-likeness (QED) is 0.814. The van der Waals surface area contributed by atoms with E-state index in [0.717, 1.165) is 12.1 Å². The van der Waals surface area contributed by atoms with Gasteiger partial charge in [0, 0.05) is 0 Å². The number of halogens is 3. The molecular weight excluding hydrogens is 285 g/mol. The molecule has 1 aromatic heterocycles. The first-order valence-electron chi connectivity index (χ1n) is 6.32. The predicted molar refractivity (Wildman–Crippen MR) is 72.5 cm³/mol. The Morgan fingerprint density at radius 3 is 2.62 bits per heavy atom. The number of rotatable bonds is 3. The molecule has 0 radical (unpaired) electrons. The Bertz CT molecular complexity index is 663. The number of nitrogens with zero attached hydrogens (tertiary/aromatic N) is 1. The summed E-state index contributed by atoms with van der Waals surface area (Å²) in [5, 5.41) is 2.46. The summed E-state index contributed by atoms with van der Waals surface area (Å²) in [6, 6.07) is 2.41. The normalized spacial score (nSPS) is 13.7. The third-order valence-corrected chi connectivity index (χ3v) is 3.07. The molecule has 0 aliphatic heterocycles. The highest BCUT2D eigenvalue weighted by Crippen LogP contribution is 2.31. The summed E-state index contributed by atoms with van der Waals surface area (Å²) in [7, 11) is 0. The summed E-state index contributed by atoms with van der Waals surface area (Å²) in [5.74, 6) is -0.434. The maximum atomic E-state index is 12.6. The fourth-order valence-corrected chi connectivity index (χ4v) is 1.75. The van der Waals surface area contributed by atoms with Crippen molar-refractivity contribution < 1.29 is 18.0 Å². The number of imidazole rings is 1. The standard InChI is InChI=1S/C13H15F3N4O/c1-6(2)10(17)11(21)20-12-18-8-4-3-7(13(14,15)16)5-9(8)19-12/h3-6,10H,17H2,1-2H3,(H2,18,19,20,21)/t10-/m0/s1. The van der Waals surface area contributed by atoms with E-state index in [0.29, 0.717) is 5.52 Å². The van der Waals surface area contributed by atoms with Gasteiger partial charge in [-0.1, -0.05) is 13.8 Å². The summed E-state index contributed by atoms with van der Waals surface area (Å²) < 4.78 is 37.8. The van der Waals surface area contributed by atoms with Crippen LogP contribution in [0.1, 0.15) is 19.4 Å². The Labute approximate surface area is 118 Å². The van der Waals surface area contributed by atoms with Crippen molar-refractivity contribution in [3.8, 4) is 0 Å². The Kier molecular flexibility index (Phi) is 3.91. The summed E-state index contributed by atoms with van der Waals surface area (Å²) in [6.07, 6.45) is -4.43. The van der Waals surface area contributed by atoms with E-state index >= 15 is 0 Å². The molecule has 4 N–H and O–H groups in total. The summed E-state index contributed by atoms with van der Waals surface area (Å²) >= 11 is 0. The lowest BCUT2D eigenvalue weighted by Crippen LogP contribution is -2.39. The largest absolute Gasteiger partial charge is 0.416 e. The molecule has 0 spiro atoms. The first-order valence-corrected chi connectivity index (χ1v) is 6.32. The highest BCUT2D eigenvalue weighted by Gasteiger charge is 2.30. The summed E-state index contributed by atoms with van der Waals surface area (Å²) in [4.78, 5) is 18.4. The smallest absolute Gasteiger partial charge is 0.324 e. The zero-order valence-corrected chi connectivity index (χ0v) is 11.5. The molecule has 0 fully saturated rings. The molecule has 1 heterocycles. The van der Waals surface area contributed by atoms with Gasteiger partial charge in [0.25, 0.3) is 0 Å². The number of fused-ring (bicyclic) bond motifs is 1. The second-order valence-electron chi connectivity index (χ2n) is 5.07. The molecule has 0 unspecified atom stereocenters. The molecule has 0 aliphatic rings. The molecular formula is C13H15F3N4O. The van der Waals surface area contributed by atoms with Crippen LogP contribution in [0.5, 0.6) is 0 Å². The number of amides is 1. The van der Waals surface area contributed by atoms with Crippen LogP contribution in [0.4, 0.5) is 19.1 Å². The maximum absolute atomic E-state index is 12.6. The van der Waals surface area contributed by atoms with Gasteiger partial charge in [-0.05, 0) is 24.1 Å². The number of aromatic amines is 1. The number of hydrogen-bond donors (Lipinski definition) is 3. The number of aromatic nitrogens is 2. The third-order valence-electron chi connectivity index (χ3n) is 3.07. The number of H-pyrrole nitrogens is 1.